The Labute approximate surface area is 147 Å². The lowest BCUT2D eigenvalue weighted by atomic mass is 10.1. The van der Waals surface area contributed by atoms with Gasteiger partial charge in [-0.25, -0.2) is 4.79 Å². The molecule has 5 heteroatoms. The molecule has 2 heterocycles. The molecule has 1 amide bonds. The van der Waals surface area contributed by atoms with Crippen LogP contribution in [0, 0.1) is 0 Å². The average molecular weight is 337 g/mol. The van der Waals surface area contributed by atoms with Crippen LogP contribution >= 0.6 is 0 Å². The van der Waals surface area contributed by atoms with Crippen molar-refractivity contribution in [2.45, 2.75) is 27.2 Å². The first kappa shape index (κ1) is 17.0. The fourth-order valence-electron chi connectivity index (χ4n) is 3.47. The number of allylic oxidation sites excluding steroid dienone is 5. The van der Waals surface area contributed by atoms with Crippen LogP contribution in [0.1, 0.15) is 27.2 Å². The number of rotatable bonds is 3. The summed E-state index contributed by atoms with van der Waals surface area (Å²) in [6.07, 6.45) is 6.19. The van der Waals surface area contributed by atoms with Gasteiger partial charge in [-0.05, 0) is 44.6 Å². The van der Waals surface area contributed by atoms with Gasteiger partial charge in [-0.3, -0.25) is 13.9 Å². The molecule has 5 nitrogen and oxygen atoms in total. The molecule has 1 aliphatic heterocycles. The van der Waals surface area contributed by atoms with Gasteiger partial charge in [0.15, 0.2) is 0 Å². The Kier molecular flexibility index (Phi) is 4.49. The predicted molar refractivity (Wildman–Crippen MR) is 101 cm³/mol. The SMILES string of the molecule is C\C=C1/C(=C\C(=C/C)n2c(=O)n(C)c3ccccc32)CC(=O)N1CC. The predicted octanol–water partition coefficient (Wildman–Crippen LogP) is 3.28. The van der Waals surface area contributed by atoms with Gasteiger partial charge in [0.05, 0.1) is 17.5 Å². The number of carbonyl (C=O) groups excluding carboxylic acids is 1. The van der Waals surface area contributed by atoms with Crippen molar-refractivity contribution in [2.24, 2.45) is 7.05 Å². The highest BCUT2D eigenvalue weighted by molar-refractivity contribution is 5.89. The van der Waals surface area contributed by atoms with Crippen molar-refractivity contribution in [3.63, 3.8) is 0 Å². The summed E-state index contributed by atoms with van der Waals surface area (Å²) in [5, 5.41) is 0. The second kappa shape index (κ2) is 6.59. The van der Waals surface area contributed by atoms with Crippen LogP contribution < -0.4 is 5.69 Å². The number of aryl methyl sites for hydroxylation is 1. The van der Waals surface area contributed by atoms with Gasteiger partial charge in [-0.1, -0.05) is 24.3 Å². The molecule has 0 unspecified atom stereocenters. The summed E-state index contributed by atoms with van der Waals surface area (Å²) in [6.45, 7) is 6.46. The van der Waals surface area contributed by atoms with Crippen LogP contribution in [0.15, 0.2) is 58.6 Å². The Morgan fingerprint density at radius 2 is 1.84 bits per heavy atom. The van der Waals surface area contributed by atoms with E-state index in [1.165, 1.54) is 0 Å². The van der Waals surface area contributed by atoms with Crippen molar-refractivity contribution in [2.75, 3.05) is 6.54 Å². The summed E-state index contributed by atoms with van der Waals surface area (Å²) < 4.78 is 3.35. The van der Waals surface area contributed by atoms with Gasteiger partial charge in [0, 0.05) is 25.0 Å². The normalized spacial score (nSPS) is 19.0. The second-order valence-corrected chi connectivity index (χ2v) is 6.04. The molecule has 25 heavy (non-hydrogen) atoms. The second-order valence-electron chi connectivity index (χ2n) is 6.04. The molecule has 0 N–H and O–H groups in total. The Morgan fingerprint density at radius 1 is 1.16 bits per heavy atom. The summed E-state index contributed by atoms with van der Waals surface area (Å²) in [6, 6.07) is 7.72. The van der Waals surface area contributed by atoms with E-state index in [1.807, 2.05) is 63.3 Å². The maximum atomic E-state index is 12.8. The maximum Gasteiger partial charge on any atom is 0.333 e. The number of hydrogen-bond acceptors (Lipinski definition) is 2. The number of imidazole rings is 1. The van der Waals surface area contributed by atoms with Crippen molar-refractivity contribution >= 4 is 22.6 Å². The number of hydrogen-bond donors (Lipinski definition) is 0. The van der Waals surface area contributed by atoms with Gasteiger partial charge in [-0.2, -0.15) is 0 Å². The molecular weight excluding hydrogens is 314 g/mol. The molecule has 0 bridgehead atoms. The number of aromatic nitrogens is 2. The van der Waals surface area contributed by atoms with Crippen LogP contribution in [-0.4, -0.2) is 26.5 Å². The summed E-state index contributed by atoms with van der Waals surface area (Å²) in [7, 11) is 1.77. The molecular formula is C20H23N3O2. The van der Waals surface area contributed by atoms with Crippen LogP contribution in [0.3, 0.4) is 0 Å². The molecule has 3 rings (SSSR count). The molecule has 0 saturated carbocycles. The van der Waals surface area contributed by atoms with Crippen LogP contribution in [0.25, 0.3) is 16.7 Å². The molecule has 1 aromatic heterocycles. The minimum atomic E-state index is -0.0927. The van der Waals surface area contributed by atoms with Crippen molar-refractivity contribution < 1.29 is 4.79 Å². The smallest absolute Gasteiger partial charge is 0.312 e. The molecule has 130 valence electrons. The number of para-hydroxylation sites is 2. The van der Waals surface area contributed by atoms with Gasteiger partial charge in [0.1, 0.15) is 0 Å². The summed E-state index contributed by atoms with van der Waals surface area (Å²) >= 11 is 0. The van der Waals surface area contributed by atoms with Crippen LogP contribution in [0.2, 0.25) is 0 Å². The van der Waals surface area contributed by atoms with E-state index < -0.39 is 0 Å². The number of nitrogens with zero attached hydrogens (tertiary/aromatic N) is 3. The highest BCUT2D eigenvalue weighted by Crippen LogP contribution is 2.30. The van der Waals surface area contributed by atoms with Gasteiger partial charge in [-0.15, -0.1) is 0 Å². The summed E-state index contributed by atoms with van der Waals surface area (Å²) in [4.78, 5) is 26.8. The van der Waals surface area contributed by atoms with Gasteiger partial charge < -0.3 is 4.90 Å². The minimum Gasteiger partial charge on any atom is -0.312 e. The Bertz CT molecular complexity index is 986. The quantitative estimate of drug-likeness (QED) is 0.863. The maximum absolute atomic E-state index is 12.8. The largest absolute Gasteiger partial charge is 0.333 e. The number of carbonyl (C=O) groups is 1. The standard InChI is InChI=1S/C20H23N3O2/c1-5-15(12-14-13-19(24)22(7-3)16(14)6-2)23-18-11-9-8-10-17(18)21(4)20(23)25/h5-6,8-12H,7,13H2,1-4H3/b14-12-,15-5+,16-6+. The fourth-order valence-corrected chi connectivity index (χ4v) is 3.47. The first-order chi connectivity index (χ1) is 12.0. The Balaban J connectivity index is 2.17. The van der Waals surface area contributed by atoms with Crippen molar-refractivity contribution in [3.05, 3.63) is 64.2 Å². The van der Waals surface area contributed by atoms with E-state index in [4.69, 9.17) is 0 Å². The van der Waals surface area contributed by atoms with Crippen molar-refractivity contribution in [3.8, 4) is 0 Å². The molecule has 1 saturated heterocycles. The van der Waals surface area contributed by atoms with Crippen LogP contribution in [0.5, 0.6) is 0 Å². The number of fused-ring (bicyclic) bond motifs is 1. The Morgan fingerprint density at radius 3 is 2.44 bits per heavy atom. The van der Waals surface area contributed by atoms with E-state index in [2.05, 4.69) is 0 Å². The van der Waals surface area contributed by atoms with E-state index in [0.29, 0.717) is 13.0 Å². The lowest BCUT2D eigenvalue weighted by molar-refractivity contribution is -0.126. The van der Waals surface area contributed by atoms with Crippen LogP contribution in [0.4, 0.5) is 0 Å². The van der Waals surface area contributed by atoms with Gasteiger partial charge >= 0.3 is 5.69 Å². The van der Waals surface area contributed by atoms with E-state index in [1.54, 1.807) is 21.1 Å². The first-order valence-electron chi connectivity index (χ1n) is 8.54. The molecule has 1 aliphatic rings. The summed E-state index contributed by atoms with van der Waals surface area (Å²) in [5.41, 5.74) is 4.31. The monoisotopic (exact) mass is 337 g/mol. The van der Waals surface area contributed by atoms with Gasteiger partial charge in [0.2, 0.25) is 5.91 Å². The summed E-state index contributed by atoms with van der Waals surface area (Å²) in [5.74, 6) is 0.0996. The van der Waals surface area contributed by atoms with Crippen molar-refractivity contribution in [1.82, 2.24) is 14.0 Å². The lowest BCUT2D eigenvalue weighted by Gasteiger charge is -2.15. The zero-order valence-corrected chi connectivity index (χ0v) is 15.1. The van der Waals surface area contributed by atoms with E-state index in [9.17, 15) is 9.59 Å². The molecule has 1 fully saturated rings. The first-order valence-corrected chi connectivity index (χ1v) is 8.54. The van der Waals surface area contributed by atoms with Gasteiger partial charge in [0.25, 0.3) is 0 Å². The number of amides is 1. The van der Waals surface area contributed by atoms with E-state index in [0.717, 1.165) is 28.0 Å². The molecule has 0 spiro atoms. The zero-order chi connectivity index (χ0) is 18.1. The third-order valence-electron chi connectivity index (χ3n) is 4.69. The minimum absolute atomic E-state index is 0.0927. The molecule has 2 aromatic rings. The molecule has 0 radical (unpaired) electrons. The van der Waals surface area contributed by atoms with Crippen molar-refractivity contribution in [1.29, 1.82) is 0 Å². The van der Waals surface area contributed by atoms with E-state index in [-0.39, 0.29) is 11.6 Å². The third kappa shape index (κ3) is 2.65. The number of likely N-dealkylation sites (tertiary alicyclic amines) is 1. The lowest BCUT2D eigenvalue weighted by Crippen LogP contribution is -2.22. The third-order valence-corrected chi connectivity index (χ3v) is 4.69. The van der Waals surface area contributed by atoms with E-state index >= 15 is 0 Å². The number of benzene rings is 1. The molecule has 0 atom stereocenters. The Hall–Kier alpha value is -2.82. The highest BCUT2D eigenvalue weighted by Gasteiger charge is 2.28. The topological polar surface area (TPSA) is 47.2 Å². The number of likely N-dealkylation sites (N-methyl/N-ethyl adjacent to an activating group) is 1. The average Bonchev–Trinajstić information content (AvgIpc) is 3.07. The molecule has 0 aliphatic carbocycles. The fraction of sp³-hybridized carbons (Fsp3) is 0.300. The zero-order valence-electron chi connectivity index (χ0n) is 15.1. The van der Waals surface area contributed by atoms with Crippen LogP contribution in [-0.2, 0) is 11.8 Å². The molecule has 1 aromatic carbocycles. The highest BCUT2D eigenvalue weighted by atomic mass is 16.2.